The minimum atomic E-state index is -0.369. The zero-order valence-corrected chi connectivity index (χ0v) is 16.4. The molecule has 0 heterocycles. The molecule has 0 radical (unpaired) electrons. The molecule has 0 bridgehead atoms. The first-order chi connectivity index (χ1) is 13.5. The number of halogens is 2. The predicted octanol–water partition coefficient (Wildman–Crippen LogP) is 5.64. The van der Waals surface area contributed by atoms with Gasteiger partial charge < -0.3 is 5.32 Å². The van der Waals surface area contributed by atoms with Gasteiger partial charge in [-0.2, -0.15) is 0 Å². The van der Waals surface area contributed by atoms with E-state index in [9.17, 15) is 14.0 Å². The number of hydrogen-bond donors (Lipinski definition) is 1. The molecule has 3 rings (SSSR count). The molecule has 0 unspecified atom stereocenters. The summed E-state index contributed by atoms with van der Waals surface area (Å²) in [6, 6.07) is 19.9. The number of Topliss-reactive ketones (excluding diaryl/α,β-unsaturated/α-hetero) is 1. The van der Waals surface area contributed by atoms with Crippen LogP contribution in [-0.4, -0.2) is 17.4 Å². The summed E-state index contributed by atoms with van der Waals surface area (Å²) in [6.45, 7) is 0. The van der Waals surface area contributed by atoms with Crippen LogP contribution in [0, 0.1) is 5.82 Å². The quantitative estimate of drug-likeness (QED) is 0.403. The lowest BCUT2D eigenvalue weighted by Gasteiger charge is -2.08. The van der Waals surface area contributed by atoms with E-state index in [2.05, 4.69) is 5.32 Å². The maximum atomic E-state index is 12.9. The molecule has 0 aromatic heterocycles. The Bertz CT molecular complexity index is 975. The molecule has 0 aliphatic rings. The van der Waals surface area contributed by atoms with Gasteiger partial charge in [-0.15, -0.1) is 11.8 Å². The van der Waals surface area contributed by atoms with Crippen LogP contribution in [0.2, 0.25) is 5.02 Å². The molecule has 6 heteroatoms. The summed E-state index contributed by atoms with van der Waals surface area (Å²) in [5.74, 6) is -0.353. The van der Waals surface area contributed by atoms with E-state index in [1.54, 1.807) is 18.2 Å². The Hall–Kier alpha value is -2.63. The second-order valence-electron chi connectivity index (χ2n) is 6.10. The largest absolute Gasteiger partial charge is 0.326 e. The molecule has 0 saturated heterocycles. The van der Waals surface area contributed by atoms with Crippen molar-refractivity contribution < 1.29 is 14.0 Å². The molecule has 0 saturated carbocycles. The minimum Gasteiger partial charge on any atom is -0.326 e. The number of benzene rings is 3. The summed E-state index contributed by atoms with van der Waals surface area (Å²) in [6.07, 6.45) is 0.248. The summed E-state index contributed by atoms with van der Waals surface area (Å²) < 4.78 is 12.9. The highest BCUT2D eigenvalue weighted by Crippen LogP contribution is 2.23. The molecule has 142 valence electrons. The van der Waals surface area contributed by atoms with Gasteiger partial charge in [-0.1, -0.05) is 29.8 Å². The van der Waals surface area contributed by atoms with Crippen LogP contribution in [0.5, 0.6) is 0 Å². The highest BCUT2D eigenvalue weighted by Gasteiger charge is 2.08. The summed E-state index contributed by atoms with van der Waals surface area (Å²) in [5, 5.41) is 3.49. The Morgan fingerprint density at radius 1 is 0.964 bits per heavy atom. The number of hydrogen-bond acceptors (Lipinski definition) is 3. The van der Waals surface area contributed by atoms with Gasteiger partial charge in [0.15, 0.2) is 5.78 Å². The van der Waals surface area contributed by atoms with Crippen LogP contribution >= 0.6 is 23.4 Å². The Balaban J connectivity index is 1.55. The lowest BCUT2D eigenvalue weighted by atomic mass is 10.1. The molecular weight excluding hydrogens is 397 g/mol. The fourth-order valence-corrected chi connectivity index (χ4v) is 3.50. The Morgan fingerprint density at radius 3 is 2.39 bits per heavy atom. The number of amides is 1. The van der Waals surface area contributed by atoms with Crippen LogP contribution in [0.25, 0.3) is 0 Å². The molecule has 28 heavy (non-hydrogen) atoms. The van der Waals surface area contributed by atoms with Gasteiger partial charge in [0.05, 0.1) is 12.2 Å². The van der Waals surface area contributed by atoms with Gasteiger partial charge in [-0.25, -0.2) is 4.39 Å². The molecule has 0 aliphatic carbocycles. The molecule has 3 aromatic carbocycles. The third-order valence-electron chi connectivity index (χ3n) is 3.93. The van der Waals surface area contributed by atoms with E-state index in [1.165, 1.54) is 36.0 Å². The first-order valence-corrected chi connectivity index (χ1v) is 9.92. The average molecular weight is 414 g/mol. The molecule has 3 aromatic rings. The van der Waals surface area contributed by atoms with Crippen molar-refractivity contribution in [2.75, 3.05) is 11.1 Å². The van der Waals surface area contributed by atoms with Gasteiger partial charge in [0.1, 0.15) is 5.82 Å². The van der Waals surface area contributed by atoms with E-state index in [0.717, 1.165) is 10.5 Å². The monoisotopic (exact) mass is 413 g/mol. The zero-order chi connectivity index (χ0) is 19.9. The SMILES string of the molecule is O=C(Cc1ccc(Cl)cc1)Nc1cccc(SCC(=O)c2ccc(F)cc2)c1. The van der Waals surface area contributed by atoms with E-state index in [4.69, 9.17) is 11.6 Å². The second-order valence-corrected chi connectivity index (χ2v) is 7.58. The van der Waals surface area contributed by atoms with E-state index in [-0.39, 0.29) is 29.7 Å². The Morgan fingerprint density at radius 2 is 1.68 bits per heavy atom. The van der Waals surface area contributed by atoms with Crippen LogP contribution in [-0.2, 0) is 11.2 Å². The van der Waals surface area contributed by atoms with E-state index < -0.39 is 0 Å². The third-order valence-corrected chi connectivity index (χ3v) is 5.18. The normalized spacial score (nSPS) is 10.5. The van der Waals surface area contributed by atoms with Gasteiger partial charge in [0, 0.05) is 21.2 Å². The number of thioether (sulfide) groups is 1. The fraction of sp³-hybridized carbons (Fsp3) is 0.0909. The molecule has 1 amide bonds. The van der Waals surface area contributed by atoms with Crippen molar-refractivity contribution >= 4 is 40.7 Å². The molecule has 1 N–H and O–H groups in total. The van der Waals surface area contributed by atoms with Crippen molar-refractivity contribution in [3.05, 3.63) is 94.8 Å². The number of carbonyl (C=O) groups excluding carboxylic acids is 2. The Labute approximate surface area is 171 Å². The molecule has 0 atom stereocenters. The van der Waals surface area contributed by atoms with Crippen molar-refractivity contribution in [1.82, 2.24) is 0 Å². The number of nitrogens with one attached hydrogen (secondary N) is 1. The van der Waals surface area contributed by atoms with Crippen LogP contribution in [0.3, 0.4) is 0 Å². The number of carbonyl (C=O) groups is 2. The number of rotatable bonds is 7. The van der Waals surface area contributed by atoms with Crippen LogP contribution in [0.15, 0.2) is 77.7 Å². The summed E-state index contributed by atoms with van der Waals surface area (Å²) in [5.41, 5.74) is 2.01. The van der Waals surface area contributed by atoms with Crippen LogP contribution < -0.4 is 5.32 Å². The summed E-state index contributed by atoms with van der Waals surface area (Å²) >= 11 is 7.21. The smallest absolute Gasteiger partial charge is 0.228 e. The first kappa shape index (κ1) is 20.1. The highest BCUT2D eigenvalue weighted by molar-refractivity contribution is 8.00. The van der Waals surface area contributed by atoms with Gasteiger partial charge in [-0.3, -0.25) is 9.59 Å². The number of anilines is 1. The van der Waals surface area contributed by atoms with E-state index in [0.29, 0.717) is 16.3 Å². The maximum Gasteiger partial charge on any atom is 0.228 e. The topological polar surface area (TPSA) is 46.2 Å². The summed E-state index contributed by atoms with van der Waals surface area (Å²) in [4.78, 5) is 25.3. The third kappa shape index (κ3) is 5.94. The molecule has 0 aliphatic heterocycles. The second kappa shape index (κ2) is 9.53. The lowest BCUT2D eigenvalue weighted by molar-refractivity contribution is -0.115. The van der Waals surface area contributed by atoms with Crippen molar-refractivity contribution in [2.45, 2.75) is 11.3 Å². The Kier molecular flexibility index (Phi) is 6.85. The van der Waals surface area contributed by atoms with Crippen molar-refractivity contribution in [3.8, 4) is 0 Å². The highest BCUT2D eigenvalue weighted by atomic mass is 35.5. The first-order valence-electron chi connectivity index (χ1n) is 8.55. The average Bonchev–Trinajstić information content (AvgIpc) is 2.69. The standard InChI is InChI=1S/C22H17ClFNO2S/c23-17-8-4-15(5-9-17)12-22(27)25-19-2-1-3-20(13-19)28-14-21(26)16-6-10-18(24)11-7-16/h1-11,13H,12,14H2,(H,25,27). The van der Waals surface area contributed by atoms with Crippen molar-refractivity contribution in [2.24, 2.45) is 0 Å². The van der Waals surface area contributed by atoms with Crippen molar-refractivity contribution in [3.63, 3.8) is 0 Å². The van der Waals surface area contributed by atoms with E-state index in [1.807, 2.05) is 30.3 Å². The van der Waals surface area contributed by atoms with E-state index >= 15 is 0 Å². The van der Waals surface area contributed by atoms with Gasteiger partial charge in [0.2, 0.25) is 5.91 Å². The molecule has 3 nitrogen and oxygen atoms in total. The van der Waals surface area contributed by atoms with Gasteiger partial charge in [-0.05, 0) is 60.2 Å². The van der Waals surface area contributed by atoms with Gasteiger partial charge in [0.25, 0.3) is 0 Å². The number of ketones is 1. The minimum absolute atomic E-state index is 0.0813. The summed E-state index contributed by atoms with van der Waals surface area (Å²) in [7, 11) is 0. The van der Waals surface area contributed by atoms with Crippen LogP contribution in [0.4, 0.5) is 10.1 Å². The lowest BCUT2D eigenvalue weighted by Crippen LogP contribution is -2.14. The molecule has 0 spiro atoms. The van der Waals surface area contributed by atoms with Gasteiger partial charge >= 0.3 is 0 Å². The predicted molar refractivity (Wildman–Crippen MR) is 112 cm³/mol. The maximum absolute atomic E-state index is 12.9. The van der Waals surface area contributed by atoms with Crippen LogP contribution in [0.1, 0.15) is 15.9 Å². The zero-order valence-electron chi connectivity index (χ0n) is 14.8. The fourth-order valence-electron chi connectivity index (χ4n) is 2.52. The van der Waals surface area contributed by atoms with Crippen molar-refractivity contribution in [1.29, 1.82) is 0 Å². The molecule has 0 fully saturated rings. The molecular formula is C22H17ClFNO2S.